The normalized spacial score (nSPS) is 10.6. The van der Waals surface area contributed by atoms with Crippen molar-refractivity contribution >= 4 is 17.3 Å². The van der Waals surface area contributed by atoms with E-state index < -0.39 is 5.91 Å². The Morgan fingerprint density at radius 1 is 1.41 bits per heavy atom. The van der Waals surface area contributed by atoms with E-state index in [2.05, 4.69) is 25.7 Å². The van der Waals surface area contributed by atoms with E-state index in [4.69, 9.17) is 11.5 Å². The molecule has 4 heteroatoms. The van der Waals surface area contributed by atoms with Crippen molar-refractivity contribution in [2.24, 2.45) is 5.73 Å². The maximum Gasteiger partial charge on any atom is 0.248 e. The van der Waals surface area contributed by atoms with Crippen molar-refractivity contribution in [1.82, 2.24) is 0 Å². The van der Waals surface area contributed by atoms with E-state index in [0.717, 1.165) is 18.7 Å². The van der Waals surface area contributed by atoms with Crippen LogP contribution in [-0.2, 0) is 0 Å². The number of hydrogen-bond acceptors (Lipinski definition) is 3. The highest BCUT2D eigenvalue weighted by atomic mass is 16.1. The van der Waals surface area contributed by atoms with E-state index in [9.17, 15) is 4.79 Å². The Kier molecular flexibility index (Phi) is 4.37. The summed E-state index contributed by atoms with van der Waals surface area (Å²) in [6, 6.07) is 5.50. The second-order valence-corrected chi connectivity index (χ2v) is 4.42. The van der Waals surface area contributed by atoms with Crippen LogP contribution in [0.2, 0.25) is 0 Å². The molecule has 0 fully saturated rings. The van der Waals surface area contributed by atoms with Crippen molar-refractivity contribution in [2.45, 2.75) is 33.2 Å². The fraction of sp³-hybridized carbons (Fsp3) is 0.462. The number of primary amides is 1. The monoisotopic (exact) mass is 235 g/mol. The van der Waals surface area contributed by atoms with Gasteiger partial charge in [0.05, 0.1) is 11.4 Å². The number of benzene rings is 1. The predicted molar refractivity (Wildman–Crippen MR) is 72.1 cm³/mol. The molecule has 0 bridgehead atoms. The second kappa shape index (κ2) is 5.57. The van der Waals surface area contributed by atoms with Crippen LogP contribution in [0.1, 0.15) is 37.6 Å². The van der Waals surface area contributed by atoms with Crippen LogP contribution in [-0.4, -0.2) is 18.5 Å². The summed E-state index contributed by atoms with van der Waals surface area (Å²) >= 11 is 0. The minimum absolute atomic E-state index is 0.334. The van der Waals surface area contributed by atoms with Gasteiger partial charge in [0.25, 0.3) is 0 Å². The molecule has 1 rings (SSSR count). The molecule has 0 unspecified atom stereocenters. The van der Waals surface area contributed by atoms with Gasteiger partial charge < -0.3 is 16.4 Å². The standard InChI is InChI=1S/C13H21N3O/c1-4-7-16(9(2)3)12-8-10(13(15)17)5-6-11(12)14/h5-6,8-9H,4,7,14H2,1-3H3,(H2,15,17). The average molecular weight is 235 g/mol. The molecule has 0 spiro atoms. The Morgan fingerprint density at radius 2 is 2.06 bits per heavy atom. The summed E-state index contributed by atoms with van der Waals surface area (Å²) in [4.78, 5) is 13.4. The van der Waals surface area contributed by atoms with Crippen molar-refractivity contribution in [1.29, 1.82) is 0 Å². The zero-order valence-corrected chi connectivity index (χ0v) is 10.7. The highest BCUT2D eigenvalue weighted by molar-refractivity contribution is 5.95. The molecular formula is C13H21N3O. The van der Waals surface area contributed by atoms with Gasteiger partial charge in [0.1, 0.15) is 0 Å². The van der Waals surface area contributed by atoms with Crippen LogP contribution in [0.4, 0.5) is 11.4 Å². The summed E-state index contributed by atoms with van der Waals surface area (Å²) in [7, 11) is 0. The van der Waals surface area contributed by atoms with Crippen LogP contribution < -0.4 is 16.4 Å². The molecule has 0 aromatic heterocycles. The highest BCUT2D eigenvalue weighted by Gasteiger charge is 2.14. The summed E-state index contributed by atoms with van der Waals surface area (Å²) in [5.41, 5.74) is 13.3. The van der Waals surface area contributed by atoms with Crippen molar-refractivity contribution in [3.8, 4) is 0 Å². The van der Waals surface area contributed by atoms with Crippen LogP contribution in [0.3, 0.4) is 0 Å². The zero-order chi connectivity index (χ0) is 13.0. The van der Waals surface area contributed by atoms with Gasteiger partial charge in [-0.2, -0.15) is 0 Å². The van der Waals surface area contributed by atoms with Crippen LogP contribution in [0.5, 0.6) is 0 Å². The van der Waals surface area contributed by atoms with E-state index in [-0.39, 0.29) is 0 Å². The van der Waals surface area contributed by atoms with E-state index in [0.29, 0.717) is 17.3 Å². The summed E-state index contributed by atoms with van der Waals surface area (Å²) in [5, 5.41) is 0. The third-order valence-corrected chi connectivity index (χ3v) is 2.71. The molecule has 0 aliphatic carbocycles. The number of carbonyl (C=O) groups is 1. The first-order chi connectivity index (χ1) is 7.97. The van der Waals surface area contributed by atoms with Gasteiger partial charge in [-0.15, -0.1) is 0 Å². The molecule has 1 amide bonds. The molecule has 0 saturated heterocycles. The van der Waals surface area contributed by atoms with Gasteiger partial charge in [0.2, 0.25) is 5.91 Å². The summed E-state index contributed by atoms with van der Waals surface area (Å²) in [6.07, 6.45) is 1.03. The molecule has 17 heavy (non-hydrogen) atoms. The van der Waals surface area contributed by atoms with E-state index in [1.807, 2.05) is 0 Å². The van der Waals surface area contributed by atoms with Crippen molar-refractivity contribution < 1.29 is 4.79 Å². The number of nitrogens with zero attached hydrogens (tertiary/aromatic N) is 1. The molecule has 0 aliphatic heterocycles. The van der Waals surface area contributed by atoms with Gasteiger partial charge in [-0.25, -0.2) is 0 Å². The number of nitrogens with two attached hydrogens (primary N) is 2. The van der Waals surface area contributed by atoms with Crippen molar-refractivity contribution in [2.75, 3.05) is 17.2 Å². The number of rotatable bonds is 5. The van der Waals surface area contributed by atoms with Crippen LogP contribution in [0, 0.1) is 0 Å². The van der Waals surface area contributed by atoms with Gasteiger partial charge >= 0.3 is 0 Å². The molecule has 1 aromatic rings. The highest BCUT2D eigenvalue weighted by Crippen LogP contribution is 2.26. The van der Waals surface area contributed by atoms with Crippen molar-refractivity contribution in [3.05, 3.63) is 23.8 Å². The fourth-order valence-corrected chi connectivity index (χ4v) is 1.84. The first-order valence-corrected chi connectivity index (χ1v) is 5.93. The Balaban J connectivity index is 3.16. The minimum Gasteiger partial charge on any atom is -0.397 e. The Labute approximate surface area is 103 Å². The maximum absolute atomic E-state index is 11.2. The summed E-state index contributed by atoms with van der Waals surface area (Å²) < 4.78 is 0. The zero-order valence-electron chi connectivity index (χ0n) is 10.7. The maximum atomic E-state index is 11.2. The third kappa shape index (κ3) is 3.12. The molecule has 0 saturated carbocycles. The lowest BCUT2D eigenvalue weighted by Gasteiger charge is -2.30. The van der Waals surface area contributed by atoms with Crippen LogP contribution in [0.25, 0.3) is 0 Å². The molecule has 0 radical (unpaired) electrons. The predicted octanol–water partition coefficient (Wildman–Crippen LogP) is 1.99. The first-order valence-electron chi connectivity index (χ1n) is 5.93. The molecule has 94 valence electrons. The molecule has 1 aromatic carbocycles. The molecular weight excluding hydrogens is 214 g/mol. The molecule has 0 aliphatic rings. The lowest BCUT2D eigenvalue weighted by Crippen LogP contribution is -2.32. The Hall–Kier alpha value is -1.71. The van der Waals surface area contributed by atoms with Gasteiger partial charge in [-0.1, -0.05) is 6.92 Å². The quantitative estimate of drug-likeness (QED) is 0.767. The largest absolute Gasteiger partial charge is 0.397 e. The van der Waals surface area contributed by atoms with Gasteiger partial charge in [0.15, 0.2) is 0 Å². The van der Waals surface area contributed by atoms with Gasteiger partial charge in [0, 0.05) is 18.2 Å². The van der Waals surface area contributed by atoms with E-state index >= 15 is 0 Å². The van der Waals surface area contributed by atoms with Crippen molar-refractivity contribution in [3.63, 3.8) is 0 Å². The number of carbonyl (C=O) groups excluding carboxylic acids is 1. The molecule has 0 heterocycles. The smallest absolute Gasteiger partial charge is 0.248 e. The molecule has 0 atom stereocenters. The average Bonchev–Trinajstić information content (AvgIpc) is 2.26. The fourth-order valence-electron chi connectivity index (χ4n) is 1.84. The Morgan fingerprint density at radius 3 is 2.53 bits per heavy atom. The number of amides is 1. The molecule has 4 nitrogen and oxygen atoms in total. The number of nitrogen functional groups attached to an aromatic ring is 1. The number of anilines is 2. The van der Waals surface area contributed by atoms with E-state index in [1.54, 1.807) is 18.2 Å². The van der Waals surface area contributed by atoms with E-state index in [1.165, 1.54) is 0 Å². The van der Waals surface area contributed by atoms with Gasteiger partial charge in [-0.3, -0.25) is 4.79 Å². The summed E-state index contributed by atoms with van der Waals surface area (Å²) in [6.45, 7) is 7.23. The lowest BCUT2D eigenvalue weighted by molar-refractivity contribution is 0.100. The third-order valence-electron chi connectivity index (χ3n) is 2.71. The first kappa shape index (κ1) is 13.4. The minimum atomic E-state index is -0.425. The second-order valence-electron chi connectivity index (χ2n) is 4.42. The topological polar surface area (TPSA) is 72.3 Å². The lowest BCUT2D eigenvalue weighted by atomic mass is 10.1. The van der Waals surface area contributed by atoms with Gasteiger partial charge in [-0.05, 0) is 38.5 Å². The van der Waals surface area contributed by atoms with Crippen LogP contribution in [0.15, 0.2) is 18.2 Å². The van der Waals surface area contributed by atoms with Crippen LogP contribution >= 0.6 is 0 Å². The Bertz CT molecular complexity index is 402. The SMILES string of the molecule is CCCN(c1cc(C(N)=O)ccc1N)C(C)C. The summed E-state index contributed by atoms with van der Waals surface area (Å²) in [5.74, 6) is -0.425. The molecule has 4 N–H and O–H groups in total. The number of hydrogen-bond donors (Lipinski definition) is 2.